The highest BCUT2D eigenvalue weighted by Crippen LogP contribution is 2.28. The van der Waals surface area contributed by atoms with Gasteiger partial charge in [-0.25, -0.2) is 4.98 Å². The van der Waals surface area contributed by atoms with Gasteiger partial charge in [0, 0.05) is 17.3 Å². The van der Waals surface area contributed by atoms with E-state index in [9.17, 15) is 4.79 Å². The molecule has 0 bridgehead atoms. The Morgan fingerprint density at radius 1 is 1.48 bits per heavy atom. The van der Waals surface area contributed by atoms with E-state index in [0.717, 1.165) is 25.0 Å². The van der Waals surface area contributed by atoms with Crippen molar-refractivity contribution in [2.24, 2.45) is 0 Å². The zero-order valence-corrected chi connectivity index (χ0v) is 12.6. The number of ether oxygens (including phenoxy) is 1. The quantitative estimate of drug-likeness (QED) is 0.909. The number of methoxy groups -OCH3 is 1. The number of anilines is 1. The smallest absolute Gasteiger partial charge is 0.255 e. The molecule has 3 rings (SSSR count). The fourth-order valence-electron chi connectivity index (χ4n) is 2.61. The first kappa shape index (κ1) is 13.9. The Kier molecular flexibility index (Phi) is 3.79. The number of nitrogens with zero attached hydrogens (tertiary/aromatic N) is 1. The topological polar surface area (TPSA) is 77.2 Å². The lowest BCUT2D eigenvalue weighted by Gasteiger charge is -2.22. The monoisotopic (exact) mass is 303 g/mol. The van der Waals surface area contributed by atoms with E-state index in [2.05, 4.69) is 10.3 Å². The SMILES string of the molecule is COc1ccccc1C(=O)NC1CCc2nc(N)sc2C1. The summed E-state index contributed by atoms with van der Waals surface area (Å²) in [7, 11) is 1.57. The molecule has 21 heavy (non-hydrogen) atoms. The third-order valence-corrected chi connectivity index (χ3v) is 4.59. The van der Waals surface area contributed by atoms with Gasteiger partial charge < -0.3 is 15.8 Å². The molecule has 5 nitrogen and oxygen atoms in total. The van der Waals surface area contributed by atoms with Crippen molar-refractivity contribution in [3.8, 4) is 5.75 Å². The average Bonchev–Trinajstić information content (AvgIpc) is 2.86. The van der Waals surface area contributed by atoms with Gasteiger partial charge in [-0.1, -0.05) is 12.1 Å². The summed E-state index contributed by atoms with van der Waals surface area (Å²) in [5.41, 5.74) is 7.39. The van der Waals surface area contributed by atoms with Crippen molar-refractivity contribution < 1.29 is 9.53 Å². The summed E-state index contributed by atoms with van der Waals surface area (Å²) in [6, 6.07) is 7.36. The molecule has 0 aliphatic heterocycles. The van der Waals surface area contributed by atoms with Gasteiger partial charge in [0.05, 0.1) is 18.4 Å². The molecule has 0 saturated heterocycles. The first-order valence-corrected chi connectivity index (χ1v) is 7.67. The maximum atomic E-state index is 12.4. The molecule has 0 saturated carbocycles. The van der Waals surface area contributed by atoms with Gasteiger partial charge in [-0.3, -0.25) is 4.79 Å². The van der Waals surface area contributed by atoms with Crippen LogP contribution in [-0.4, -0.2) is 24.0 Å². The lowest BCUT2D eigenvalue weighted by molar-refractivity contribution is 0.0930. The number of aryl methyl sites for hydroxylation is 1. The third kappa shape index (κ3) is 2.85. The molecule has 3 N–H and O–H groups in total. The van der Waals surface area contributed by atoms with Crippen LogP contribution >= 0.6 is 11.3 Å². The second kappa shape index (κ2) is 5.73. The molecule has 1 aromatic heterocycles. The van der Waals surface area contributed by atoms with Crippen LogP contribution in [0.4, 0.5) is 5.13 Å². The molecule has 6 heteroatoms. The Balaban J connectivity index is 1.71. The van der Waals surface area contributed by atoms with E-state index >= 15 is 0 Å². The van der Waals surface area contributed by atoms with E-state index in [1.807, 2.05) is 12.1 Å². The molecule has 1 atom stereocenters. The number of aromatic nitrogens is 1. The Morgan fingerprint density at radius 3 is 3.10 bits per heavy atom. The van der Waals surface area contributed by atoms with Gasteiger partial charge in [0.2, 0.25) is 0 Å². The molecule has 0 radical (unpaired) electrons. The maximum Gasteiger partial charge on any atom is 0.255 e. The number of hydrogen-bond donors (Lipinski definition) is 2. The van der Waals surface area contributed by atoms with Crippen LogP contribution < -0.4 is 15.8 Å². The summed E-state index contributed by atoms with van der Waals surface area (Å²) in [5.74, 6) is 0.493. The van der Waals surface area contributed by atoms with Gasteiger partial charge in [0.15, 0.2) is 5.13 Å². The van der Waals surface area contributed by atoms with Crippen LogP contribution in [0.1, 0.15) is 27.3 Å². The fraction of sp³-hybridized carbons (Fsp3) is 0.333. The molecule has 110 valence electrons. The second-order valence-electron chi connectivity index (χ2n) is 5.04. The lowest BCUT2D eigenvalue weighted by atomic mass is 9.97. The van der Waals surface area contributed by atoms with Crippen molar-refractivity contribution in [2.45, 2.75) is 25.3 Å². The molecule has 0 fully saturated rings. The van der Waals surface area contributed by atoms with Gasteiger partial charge >= 0.3 is 0 Å². The van der Waals surface area contributed by atoms with Crippen LogP contribution in [-0.2, 0) is 12.8 Å². The minimum atomic E-state index is -0.0987. The zero-order valence-electron chi connectivity index (χ0n) is 11.8. The number of amides is 1. The Labute approximate surface area is 127 Å². The second-order valence-corrected chi connectivity index (χ2v) is 6.15. The van der Waals surface area contributed by atoms with Crippen molar-refractivity contribution in [3.05, 3.63) is 40.4 Å². The minimum absolute atomic E-state index is 0.0987. The number of carbonyl (C=O) groups is 1. The molecule has 0 spiro atoms. The third-order valence-electron chi connectivity index (χ3n) is 3.64. The largest absolute Gasteiger partial charge is 0.496 e. The van der Waals surface area contributed by atoms with E-state index in [1.54, 1.807) is 19.2 Å². The van der Waals surface area contributed by atoms with E-state index in [-0.39, 0.29) is 11.9 Å². The Hall–Kier alpha value is -2.08. The molecule has 1 aromatic carbocycles. The number of fused-ring (bicyclic) bond motifs is 1. The van der Waals surface area contributed by atoms with Gasteiger partial charge in [0.25, 0.3) is 5.91 Å². The molecule has 1 amide bonds. The lowest BCUT2D eigenvalue weighted by Crippen LogP contribution is -2.38. The summed E-state index contributed by atoms with van der Waals surface area (Å²) >= 11 is 1.52. The number of benzene rings is 1. The normalized spacial score (nSPS) is 17.1. The summed E-state index contributed by atoms with van der Waals surface area (Å²) in [6.07, 6.45) is 2.54. The van der Waals surface area contributed by atoms with Crippen molar-refractivity contribution in [3.63, 3.8) is 0 Å². The Bertz CT molecular complexity index is 669. The van der Waals surface area contributed by atoms with E-state index in [0.29, 0.717) is 16.4 Å². The standard InChI is InChI=1S/C15H17N3O2S/c1-20-12-5-3-2-4-10(12)14(19)17-9-6-7-11-13(8-9)21-15(16)18-11/h2-5,9H,6-8H2,1H3,(H2,16,18)(H,17,19). The van der Waals surface area contributed by atoms with Crippen LogP contribution in [0.3, 0.4) is 0 Å². The zero-order chi connectivity index (χ0) is 14.8. The molecular weight excluding hydrogens is 286 g/mol. The number of hydrogen-bond acceptors (Lipinski definition) is 5. The summed E-state index contributed by atoms with van der Waals surface area (Å²) in [4.78, 5) is 17.9. The van der Waals surface area contributed by atoms with Crippen LogP contribution in [0.15, 0.2) is 24.3 Å². The summed E-state index contributed by atoms with van der Waals surface area (Å²) in [6.45, 7) is 0. The van der Waals surface area contributed by atoms with Gasteiger partial charge in [-0.05, 0) is 25.0 Å². The summed E-state index contributed by atoms with van der Waals surface area (Å²) < 4.78 is 5.23. The summed E-state index contributed by atoms with van der Waals surface area (Å²) in [5, 5.41) is 3.69. The molecule has 1 unspecified atom stereocenters. The maximum absolute atomic E-state index is 12.4. The van der Waals surface area contributed by atoms with Crippen molar-refractivity contribution in [2.75, 3.05) is 12.8 Å². The first-order chi connectivity index (χ1) is 10.2. The number of nitrogens with one attached hydrogen (secondary N) is 1. The molecule has 2 aromatic rings. The van der Waals surface area contributed by atoms with Crippen molar-refractivity contribution in [1.29, 1.82) is 0 Å². The highest BCUT2D eigenvalue weighted by Gasteiger charge is 2.24. The Morgan fingerprint density at radius 2 is 2.29 bits per heavy atom. The number of rotatable bonds is 3. The van der Waals surface area contributed by atoms with Gasteiger partial charge in [0.1, 0.15) is 5.75 Å². The molecule has 1 aliphatic carbocycles. The van der Waals surface area contributed by atoms with Crippen LogP contribution in [0.2, 0.25) is 0 Å². The minimum Gasteiger partial charge on any atom is -0.496 e. The van der Waals surface area contributed by atoms with E-state index in [4.69, 9.17) is 10.5 Å². The van der Waals surface area contributed by atoms with Crippen LogP contribution in [0.25, 0.3) is 0 Å². The fourth-order valence-corrected chi connectivity index (χ4v) is 3.57. The van der Waals surface area contributed by atoms with E-state index < -0.39 is 0 Å². The van der Waals surface area contributed by atoms with Crippen LogP contribution in [0.5, 0.6) is 5.75 Å². The first-order valence-electron chi connectivity index (χ1n) is 6.85. The number of nitrogen functional groups attached to an aromatic ring is 1. The van der Waals surface area contributed by atoms with Crippen molar-refractivity contribution >= 4 is 22.4 Å². The predicted octanol–water partition coefficient (Wildman–Crippen LogP) is 2.02. The molecular formula is C15H17N3O2S. The molecule has 1 aliphatic rings. The number of para-hydroxylation sites is 1. The van der Waals surface area contributed by atoms with Crippen molar-refractivity contribution in [1.82, 2.24) is 10.3 Å². The number of nitrogens with two attached hydrogens (primary N) is 1. The highest BCUT2D eigenvalue weighted by atomic mass is 32.1. The molecule has 1 heterocycles. The van der Waals surface area contributed by atoms with Gasteiger partial charge in [-0.2, -0.15) is 0 Å². The van der Waals surface area contributed by atoms with E-state index in [1.165, 1.54) is 16.2 Å². The number of carbonyl (C=O) groups excluding carboxylic acids is 1. The van der Waals surface area contributed by atoms with Crippen LogP contribution in [0, 0.1) is 0 Å². The predicted molar refractivity (Wildman–Crippen MR) is 82.8 cm³/mol. The highest BCUT2D eigenvalue weighted by molar-refractivity contribution is 7.15. The average molecular weight is 303 g/mol. The number of thiazole rings is 1. The van der Waals surface area contributed by atoms with Gasteiger partial charge in [-0.15, -0.1) is 11.3 Å².